The second-order valence-corrected chi connectivity index (χ2v) is 5.18. The molecular weight excluding hydrogens is 226 g/mol. The number of hydrogen-bond donors (Lipinski definition) is 1. The number of benzene rings is 1. The second kappa shape index (κ2) is 4.12. The van der Waals surface area contributed by atoms with Crippen molar-refractivity contribution in [3.8, 4) is 0 Å². The molecule has 0 bridgehead atoms. The van der Waals surface area contributed by atoms with Crippen molar-refractivity contribution in [1.82, 2.24) is 14.9 Å². The number of para-hydroxylation sites is 2. The van der Waals surface area contributed by atoms with Crippen LogP contribution in [0.15, 0.2) is 24.3 Å². The first kappa shape index (κ1) is 11.3. The molecule has 1 aliphatic rings. The SMILES string of the molecule is CC(C)N1C[C@@H](c2nc3ccccc3[nH]2)CC1=O. The molecule has 0 unspecified atom stereocenters. The minimum atomic E-state index is 0.201. The molecule has 1 amide bonds. The van der Waals surface area contributed by atoms with Crippen LogP contribution in [0.1, 0.15) is 32.0 Å². The maximum atomic E-state index is 11.9. The van der Waals surface area contributed by atoms with Crippen LogP contribution >= 0.6 is 0 Å². The standard InChI is InChI=1S/C14H17N3O/c1-9(2)17-8-10(7-13(17)18)14-15-11-5-3-4-6-12(11)16-14/h3-6,9-10H,7-8H2,1-2H3,(H,15,16)/t10-/m0/s1. The van der Waals surface area contributed by atoms with Crippen molar-refractivity contribution in [1.29, 1.82) is 0 Å². The van der Waals surface area contributed by atoms with Crippen LogP contribution in [0.5, 0.6) is 0 Å². The largest absolute Gasteiger partial charge is 0.342 e. The number of fused-ring (bicyclic) bond motifs is 1. The highest BCUT2D eigenvalue weighted by molar-refractivity contribution is 5.80. The number of aromatic amines is 1. The molecule has 4 nitrogen and oxygen atoms in total. The van der Waals surface area contributed by atoms with Crippen LogP contribution in [0.3, 0.4) is 0 Å². The van der Waals surface area contributed by atoms with Crippen molar-refractivity contribution >= 4 is 16.9 Å². The minimum Gasteiger partial charge on any atom is -0.342 e. The van der Waals surface area contributed by atoms with Gasteiger partial charge in [0.15, 0.2) is 0 Å². The maximum absolute atomic E-state index is 11.9. The minimum absolute atomic E-state index is 0.201. The van der Waals surface area contributed by atoms with E-state index in [1.54, 1.807) is 0 Å². The molecule has 1 aliphatic heterocycles. The van der Waals surface area contributed by atoms with Crippen molar-refractivity contribution in [2.75, 3.05) is 6.54 Å². The molecule has 1 fully saturated rings. The first-order valence-corrected chi connectivity index (χ1v) is 6.39. The zero-order chi connectivity index (χ0) is 12.7. The van der Waals surface area contributed by atoms with Gasteiger partial charge in [-0.2, -0.15) is 0 Å². The highest BCUT2D eigenvalue weighted by Gasteiger charge is 2.33. The lowest BCUT2D eigenvalue weighted by molar-refractivity contribution is -0.129. The molecular formula is C14H17N3O. The molecule has 1 aromatic carbocycles. The number of hydrogen-bond acceptors (Lipinski definition) is 2. The second-order valence-electron chi connectivity index (χ2n) is 5.18. The summed E-state index contributed by atoms with van der Waals surface area (Å²) in [7, 11) is 0. The first-order valence-electron chi connectivity index (χ1n) is 6.39. The number of carbonyl (C=O) groups excluding carboxylic acids is 1. The number of rotatable bonds is 2. The van der Waals surface area contributed by atoms with E-state index in [0.717, 1.165) is 23.4 Å². The topological polar surface area (TPSA) is 49.0 Å². The van der Waals surface area contributed by atoms with Gasteiger partial charge in [0.05, 0.1) is 11.0 Å². The van der Waals surface area contributed by atoms with Crippen LogP contribution in [0.2, 0.25) is 0 Å². The van der Waals surface area contributed by atoms with E-state index in [2.05, 4.69) is 23.8 Å². The Bertz CT molecular complexity index is 554. The van der Waals surface area contributed by atoms with Crippen LogP contribution in [-0.2, 0) is 4.79 Å². The van der Waals surface area contributed by atoms with Gasteiger partial charge in [-0.05, 0) is 26.0 Å². The van der Waals surface area contributed by atoms with Crippen LogP contribution in [0.4, 0.5) is 0 Å². The summed E-state index contributed by atoms with van der Waals surface area (Å²) in [4.78, 5) is 21.7. The molecule has 2 heterocycles. The van der Waals surface area contributed by atoms with E-state index in [1.165, 1.54) is 0 Å². The first-order chi connectivity index (χ1) is 8.65. The predicted molar refractivity (Wildman–Crippen MR) is 70.3 cm³/mol. The fourth-order valence-electron chi connectivity index (χ4n) is 2.58. The normalized spacial score (nSPS) is 20.3. The number of amides is 1. The lowest BCUT2D eigenvalue weighted by atomic mass is 10.1. The molecule has 0 radical (unpaired) electrons. The number of imidazole rings is 1. The lowest BCUT2D eigenvalue weighted by Gasteiger charge is -2.20. The quantitative estimate of drug-likeness (QED) is 0.879. The van der Waals surface area contributed by atoms with Crippen LogP contribution in [0.25, 0.3) is 11.0 Å². The fourth-order valence-corrected chi connectivity index (χ4v) is 2.58. The summed E-state index contributed by atoms with van der Waals surface area (Å²) in [5.74, 6) is 1.37. The summed E-state index contributed by atoms with van der Waals surface area (Å²) in [6, 6.07) is 8.25. The Morgan fingerprint density at radius 2 is 2.17 bits per heavy atom. The number of carbonyl (C=O) groups is 1. The van der Waals surface area contributed by atoms with E-state index >= 15 is 0 Å². The summed E-state index contributed by atoms with van der Waals surface area (Å²) in [6.45, 7) is 4.88. The van der Waals surface area contributed by atoms with E-state index in [9.17, 15) is 4.79 Å². The van der Waals surface area contributed by atoms with E-state index in [-0.39, 0.29) is 17.9 Å². The molecule has 0 saturated carbocycles. The number of nitrogens with one attached hydrogen (secondary N) is 1. The molecule has 1 atom stereocenters. The van der Waals surface area contributed by atoms with Gasteiger partial charge in [-0.15, -0.1) is 0 Å². The smallest absolute Gasteiger partial charge is 0.223 e. The third-order valence-corrected chi connectivity index (χ3v) is 3.58. The van der Waals surface area contributed by atoms with Crippen LogP contribution in [-0.4, -0.2) is 33.4 Å². The molecule has 2 aromatic rings. The van der Waals surface area contributed by atoms with Gasteiger partial charge in [0, 0.05) is 24.9 Å². The number of H-pyrrole nitrogens is 1. The Balaban J connectivity index is 1.90. The van der Waals surface area contributed by atoms with Crippen molar-refractivity contribution in [3.63, 3.8) is 0 Å². The average Bonchev–Trinajstić information content (AvgIpc) is 2.91. The van der Waals surface area contributed by atoms with Crippen molar-refractivity contribution in [3.05, 3.63) is 30.1 Å². The van der Waals surface area contributed by atoms with Gasteiger partial charge in [-0.25, -0.2) is 4.98 Å². The van der Waals surface area contributed by atoms with Gasteiger partial charge in [-0.3, -0.25) is 4.79 Å². The molecule has 0 aliphatic carbocycles. The Hall–Kier alpha value is -1.84. The monoisotopic (exact) mass is 243 g/mol. The molecule has 4 heteroatoms. The number of nitrogens with zero attached hydrogens (tertiary/aromatic N) is 2. The van der Waals surface area contributed by atoms with Crippen molar-refractivity contribution in [2.45, 2.75) is 32.2 Å². The van der Waals surface area contributed by atoms with Crippen molar-refractivity contribution in [2.24, 2.45) is 0 Å². The van der Waals surface area contributed by atoms with Gasteiger partial charge >= 0.3 is 0 Å². The summed E-state index contributed by atoms with van der Waals surface area (Å²) >= 11 is 0. The molecule has 1 N–H and O–H groups in total. The molecule has 0 spiro atoms. The highest BCUT2D eigenvalue weighted by Crippen LogP contribution is 2.28. The Morgan fingerprint density at radius 3 is 2.83 bits per heavy atom. The Kier molecular flexibility index (Phi) is 2.58. The number of aromatic nitrogens is 2. The molecule has 1 saturated heterocycles. The Labute approximate surface area is 106 Å². The number of likely N-dealkylation sites (tertiary alicyclic amines) is 1. The predicted octanol–water partition coefficient (Wildman–Crippen LogP) is 2.29. The third-order valence-electron chi connectivity index (χ3n) is 3.58. The average molecular weight is 243 g/mol. The van der Waals surface area contributed by atoms with Gasteiger partial charge in [-0.1, -0.05) is 12.1 Å². The summed E-state index contributed by atoms with van der Waals surface area (Å²) < 4.78 is 0. The van der Waals surface area contributed by atoms with Gasteiger partial charge < -0.3 is 9.88 Å². The van der Waals surface area contributed by atoms with Gasteiger partial charge in [0.2, 0.25) is 5.91 Å². The molecule has 18 heavy (non-hydrogen) atoms. The van der Waals surface area contributed by atoms with E-state index in [1.807, 2.05) is 29.2 Å². The maximum Gasteiger partial charge on any atom is 0.223 e. The third kappa shape index (κ3) is 1.78. The molecule has 1 aromatic heterocycles. The molecule has 3 rings (SSSR count). The van der Waals surface area contributed by atoms with Gasteiger partial charge in [0.1, 0.15) is 5.82 Å². The van der Waals surface area contributed by atoms with Crippen LogP contribution in [0, 0.1) is 0 Å². The zero-order valence-electron chi connectivity index (χ0n) is 10.7. The lowest BCUT2D eigenvalue weighted by Crippen LogP contribution is -2.31. The summed E-state index contributed by atoms with van der Waals surface area (Å²) in [5.41, 5.74) is 2.02. The summed E-state index contributed by atoms with van der Waals surface area (Å²) in [5, 5.41) is 0. The fraction of sp³-hybridized carbons (Fsp3) is 0.429. The van der Waals surface area contributed by atoms with E-state index < -0.39 is 0 Å². The summed E-state index contributed by atoms with van der Waals surface area (Å²) in [6.07, 6.45) is 0.567. The molecule has 94 valence electrons. The van der Waals surface area contributed by atoms with Crippen LogP contribution < -0.4 is 0 Å². The zero-order valence-corrected chi connectivity index (χ0v) is 10.7. The van der Waals surface area contributed by atoms with E-state index in [0.29, 0.717) is 6.42 Å². The highest BCUT2D eigenvalue weighted by atomic mass is 16.2. The van der Waals surface area contributed by atoms with E-state index in [4.69, 9.17) is 0 Å². The van der Waals surface area contributed by atoms with Crippen molar-refractivity contribution < 1.29 is 4.79 Å². The Morgan fingerprint density at radius 1 is 1.39 bits per heavy atom. The van der Waals surface area contributed by atoms with Gasteiger partial charge in [0.25, 0.3) is 0 Å².